The first-order valence-electron chi connectivity index (χ1n) is 8.93. The molecule has 0 bridgehead atoms. The molecular formula is C22H24N2OS. The fourth-order valence-electron chi connectivity index (χ4n) is 2.97. The average molecular weight is 365 g/mol. The highest BCUT2D eigenvalue weighted by Gasteiger charge is 2.15. The minimum Gasteiger partial charge on any atom is -0.322 e. The zero-order valence-corrected chi connectivity index (χ0v) is 16.4. The number of anilines is 1. The van der Waals surface area contributed by atoms with Crippen molar-refractivity contribution in [3.05, 3.63) is 64.7 Å². The third-order valence-corrected chi connectivity index (χ3v) is 5.31. The van der Waals surface area contributed by atoms with Crippen LogP contribution < -0.4 is 5.32 Å². The summed E-state index contributed by atoms with van der Waals surface area (Å²) < 4.78 is 1.12. The molecule has 4 heteroatoms. The maximum atomic E-state index is 12.5. The van der Waals surface area contributed by atoms with Gasteiger partial charge in [0.25, 0.3) is 0 Å². The van der Waals surface area contributed by atoms with Crippen LogP contribution in [0.3, 0.4) is 0 Å². The molecule has 1 heterocycles. The Kier molecular flexibility index (Phi) is 5.52. The quantitative estimate of drug-likeness (QED) is 0.548. The molecular weight excluding hydrogens is 340 g/mol. The van der Waals surface area contributed by atoms with Crippen molar-refractivity contribution in [3.8, 4) is 0 Å². The number of amides is 1. The molecule has 2 aromatic carbocycles. The second-order valence-electron chi connectivity index (χ2n) is 6.96. The summed E-state index contributed by atoms with van der Waals surface area (Å²) in [5.74, 6) is 0.564. The van der Waals surface area contributed by atoms with Gasteiger partial charge in [-0.05, 0) is 41.2 Å². The molecule has 0 saturated carbocycles. The molecule has 3 aromatic rings. The molecule has 3 rings (SSSR count). The first-order chi connectivity index (χ1) is 12.5. The van der Waals surface area contributed by atoms with Crippen molar-refractivity contribution in [1.29, 1.82) is 0 Å². The zero-order chi connectivity index (χ0) is 18.7. The topological polar surface area (TPSA) is 42.0 Å². The second kappa shape index (κ2) is 7.83. The number of para-hydroxylation sites is 2. The van der Waals surface area contributed by atoms with E-state index in [0.717, 1.165) is 32.0 Å². The fraction of sp³-hybridized carbons (Fsp3) is 0.273. The highest BCUT2D eigenvalue weighted by Crippen LogP contribution is 2.32. The first-order valence-corrected chi connectivity index (χ1v) is 9.74. The van der Waals surface area contributed by atoms with Gasteiger partial charge >= 0.3 is 0 Å². The normalized spacial score (nSPS) is 11.8. The molecule has 134 valence electrons. The van der Waals surface area contributed by atoms with Gasteiger partial charge in [-0.25, -0.2) is 4.98 Å². The SMILES string of the molecule is CC(C)c1cccc(C(C)C)c1NC(=O)/C=C/c1nc2ccccc2s1. The summed E-state index contributed by atoms with van der Waals surface area (Å²) in [4.78, 5) is 17.1. The summed E-state index contributed by atoms with van der Waals surface area (Å²) in [5, 5.41) is 3.93. The number of benzene rings is 2. The van der Waals surface area contributed by atoms with Crippen molar-refractivity contribution in [2.24, 2.45) is 0 Å². The molecule has 1 amide bonds. The van der Waals surface area contributed by atoms with Gasteiger partial charge in [0.05, 0.1) is 10.2 Å². The van der Waals surface area contributed by atoms with Crippen LogP contribution in [0.5, 0.6) is 0 Å². The smallest absolute Gasteiger partial charge is 0.248 e. The van der Waals surface area contributed by atoms with Gasteiger partial charge in [-0.3, -0.25) is 4.79 Å². The predicted octanol–water partition coefficient (Wildman–Crippen LogP) is 6.20. The Labute approximate surface area is 158 Å². The number of aromatic nitrogens is 1. The van der Waals surface area contributed by atoms with Crippen molar-refractivity contribution in [3.63, 3.8) is 0 Å². The maximum Gasteiger partial charge on any atom is 0.248 e. The summed E-state index contributed by atoms with van der Waals surface area (Å²) in [7, 11) is 0. The molecule has 1 N–H and O–H groups in total. The Hall–Kier alpha value is -2.46. The van der Waals surface area contributed by atoms with E-state index in [0.29, 0.717) is 11.8 Å². The van der Waals surface area contributed by atoms with Gasteiger partial charge in [0.2, 0.25) is 5.91 Å². The Morgan fingerprint density at radius 3 is 2.27 bits per heavy atom. The van der Waals surface area contributed by atoms with Gasteiger partial charge in [-0.15, -0.1) is 11.3 Å². The van der Waals surface area contributed by atoms with Crippen molar-refractivity contribution < 1.29 is 4.79 Å². The van der Waals surface area contributed by atoms with Crippen molar-refractivity contribution in [1.82, 2.24) is 4.98 Å². The van der Waals surface area contributed by atoms with Crippen LogP contribution in [0.1, 0.15) is 55.7 Å². The predicted molar refractivity (Wildman–Crippen MR) is 112 cm³/mol. The molecule has 0 aliphatic carbocycles. The number of thiazole rings is 1. The number of hydrogen-bond acceptors (Lipinski definition) is 3. The van der Waals surface area contributed by atoms with E-state index >= 15 is 0 Å². The molecule has 0 fully saturated rings. The van der Waals surface area contributed by atoms with Gasteiger partial charge in [-0.2, -0.15) is 0 Å². The third kappa shape index (κ3) is 4.02. The van der Waals surface area contributed by atoms with Gasteiger partial charge in [0.15, 0.2) is 0 Å². The van der Waals surface area contributed by atoms with Gasteiger partial charge in [-0.1, -0.05) is 58.0 Å². The van der Waals surface area contributed by atoms with Crippen LogP contribution in [0, 0.1) is 0 Å². The lowest BCUT2D eigenvalue weighted by molar-refractivity contribution is -0.111. The summed E-state index contributed by atoms with van der Waals surface area (Å²) in [6.07, 6.45) is 3.35. The molecule has 0 radical (unpaired) electrons. The lowest BCUT2D eigenvalue weighted by Crippen LogP contribution is -2.13. The lowest BCUT2D eigenvalue weighted by Gasteiger charge is -2.19. The molecule has 3 nitrogen and oxygen atoms in total. The lowest BCUT2D eigenvalue weighted by atomic mass is 9.92. The standard InChI is InChI=1S/C22H24N2OS/c1-14(2)16-8-7-9-17(15(3)4)22(16)24-20(25)12-13-21-23-18-10-5-6-11-19(18)26-21/h5-15H,1-4H3,(H,24,25)/b13-12+. The molecule has 0 unspecified atom stereocenters. The molecule has 1 aromatic heterocycles. The Morgan fingerprint density at radius 2 is 1.65 bits per heavy atom. The van der Waals surface area contributed by atoms with Crippen LogP contribution in [0.4, 0.5) is 5.69 Å². The van der Waals surface area contributed by atoms with Crippen molar-refractivity contribution in [2.75, 3.05) is 5.32 Å². The number of carbonyl (C=O) groups is 1. The van der Waals surface area contributed by atoms with E-state index in [2.05, 4.69) is 56.2 Å². The Balaban J connectivity index is 1.83. The minimum atomic E-state index is -0.126. The number of hydrogen-bond donors (Lipinski definition) is 1. The van der Waals surface area contributed by atoms with Gasteiger partial charge < -0.3 is 5.32 Å². The number of nitrogens with zero attached hydrogens (tertiary/aromatic N) is 1. The number of rotatable bonds is 5. The van der Waals surface area contributed by atoms with E-state index in [1.165, 1.54) is 0 Å². The van der Waals surface area contributed by atoms with E-state index in [1.807, 2.05) is 24.3 Å². The largest absolute Gasteiger partial charge is 0.322 e. The van der Waals surface area contributed by atoms with Gasteiger partial charge in [0.1, 0.15) is 5.01 Å². The molecule has 0 spiro atoms. The summed E-state index contributed by atoms with van der Waals surface area (Å²) in [6.45, 7) is 8.58. The minimum absolute atomic E-state index is 0.126. The molecule has 0 aliphatic heterocycles. The van der Waals surface area contributed by atoms with E-state index in [-0.39, 0.29) is 5.91 Å². The fourth-order valence-corrected chi connectivity index (χ4v) is 3.84. The number of fused-ring (bicyclic) bond motifs is 1. The van der Waals surface area contributed by atoms with Crippen LogP contribution in [-0.2, 0) is 4.79 Å². The van der Waals surface area contributed by atoms with Crippen molar-refractivity contribution in [2.45, 2.75) is 39.5 Å². The monoisotopic (exact) mass is 364 g/mol. The van der Waals surface area contributed by atoms with Crippen molar-refractivity contribution >= 4 is 39.2 Å². The maximum absolute atomic E-state index is 12.5. The number of carbonyl (C=O) groups excluding carboxylic acids is 1. The first kappa shape index (κ1) is 18.3. The molecule has 0 atom stereocenters. The summed E-state index contributed by atoms with van der Waals surface area (Å²) >= 11 is 1.58. The van der Waals surface area contributed by atoms with E-state index < -0.39 is 0 Å². The van der Waals surface area contributed by atoms with Crippen LogP contribution in [0.2, 0.25) is 0 Å². The second-order valence-corrected chi connectivity index (χ2v) is 8.03. The van der Waals surface area contributed by atoms with Crippen LogP contribution in [0.25, 0.3) is 16.3 Å². The molecule has 26 heavy (non-hydrogen) atoms. The van der Waals surface area contributed by atoms with Crippen LogP contribution in [-0.4, -0.2) is 10.9 Å². The van der Waals surface area contributed by atoms with Gasteiger partial charge in [0, 0.05) is 11.8 Å². The highest BCUT2D eigenvalue weighted by atomic mass is 32.1. The zero-order valence-electron chi connectivity index (χ0n) is 15.6. The summed E-state index contributed by atoms with van der Waals surface area (Å²) in [6, 6.07) is 14.2. The average Bonchev–Trinajstić information content (AvgIpc) is 3.02. The molecule has 0 aliphatic rings. The molecule has 0 saturated heterocycles. The summed E-state index contributed by atoms with van der Waals surface area (Å²) in [5.41, 5.74) is 4.23. The van der Waals surface area contributed by atoms with E-state index in [9.17, 15) is 4.79 Å². The van der Waals surface area contributed by atoms with E-state index in [1.54, 1.807) is 23.5 Å². The Bertz CT molecular complexity index is 894. The highest BCUT2D eigenvalue weighted by molar-refractivity contribution is 7.19. The van der Waals surface area contributed by atoms with Crippen LogP contribution >= 0.6 is 11.3 Å². The Morgan fingerprint density at radius 1 is 1.00 bits per heavy atom. The third-order valence-electron chi connectivity index (χ3n) is 4.31. The van der Waals surface area contributed by atoms with E-state index in [4.69, 9.17) is 0 Å². The number of nitrogens with one attached hydrogen (secondary N) is 1. The van der Waals surface area contributed by atoms with Crippen LogP contribution in [0.15, 0.2) is 48.5 Å².